The minimum atomic E-state index is -2.96. The summed E-state index contributed by atoms with van der Waals surface area (Å²) in [6.45, 7) is -1.72. The fraction of sp³-hybridized carbons (Fsp3) is 0.316. The Balaban J connectivity index is 1.59. The largest absolute Gasteiger partial charge is 0.491 e. The van der Waals surface area contributed by atoms with Gasteiger partial charge in [-0.2, -0.15) is 8.78 Å². The van der Waals surface area contributed by atoms with Crippen molar-refractivity contribution in [2.45, 2.75) is 25.6 Å². The first-order valence-electron chi connectivity index (χ1n) is 8.31. The molecule has 5 nitrogen and oxygen atoms in total. The second-order valence-corrected chi connectivity index (χ2v) is 5.80. The van der Waals surface area contributed by atoms with Crippen molar-refractivity contribution < 1.29 is 27.8 Å². The van der Waals surface area contributed by atoms with E-state index in [2.05, 4.69) is 10.1 Å². The van der Waals surface area contributed by atoms with Crippen molar-refractivity contribution in [1.82, 2.24) is 0 Å². The van der Waals surface area contributed by atoms with Crippen LogP contribution in [0.1, 0.15) is 23.2 Å². The van der Waals surface area contributed by atoms with Crippen molar-refractivity contribution in [3.05, 3.63) is 54.1 Å². The van der Waals surface area contributed by atoms with Gasteiger partial charge in [-0.05, 0) is 49.2 Å². The Kier molecular flexibility index (Phi) is 6.01. The number of carbonyl (C=O) groups excluding carboxylic acids is 1. The van der Waals surface area contributed by atoms with Crippen LogP contribution in [0.5, 0.6) is 11.5 Å². The molecule has 1 saturated heterocycles. The molecule has 1 atom stereocenters. The van der Waals surface area contributed by atoms with E-state index in [1.54, 1.807) is 36.4 Å². The van der Waals surface area contributed by atoms with Crippen LogP contribution in [0.2, 0.25) is 0 Å². The average Bonchev–Trinajstić information content (AvgIpc) is 3.15. The summed E-state index contributed by atoms with van der Waals surface area (Å²) in [5, 5.41) is 2.57. The van der Waals surface area contributed by atoms with Gasteiger partial charge in [-0.3, -0.25) is 4.79 Å². The monoisotopic (exact) mass is 363 g/mol. The molecule has 1 aliphatic heterocycles. The molecule has 7 heteroatoms. The highest BCUT2D eigenvalue weighted by atomic mass is 19.3. The molecule has 0 aromatic heterocycles. The zero-order valence-corrected chi connectivity index (χ0v) is 14.0. The summed E-state index contributed by atoms with van der Waals surface area (Å²) >= 11 is 0. The van der Waals surface area contributed by atoms with Gasteiger partial charge >= 0.3 is 6.61 Å². The summed E-state index contributed by atoms with van der Waals surface area (Å²) in [5.74, 6) is 0.117. The van der Waals surface area contributed by atoms with E-state index in [4.69, 9.17) is 9.47 Å². The number of anilines is 1. The number of carbonyl (C=O) groups is 1. The van der Waals surface area contributed by atoms with Gasteiger partial charge in [0.1, 0.15) is 18.1 Å². The Labute approximate surface area is 149 Å². The zero-order valence-electron chi connectivity index (χ0n) is 14.0. The van der Waals surface area contributed by atoms with Crippen LogP contribution in [0.4, 0.5) is 14.5 Å². The molecule has 1 heterocycles. The van der Waals surface area contributed by atoms with E-state index in [9.17, 15) is 13.6 Å². The van der Waals surface area contributed by atoms with Crippen molar-refractivity contribution in [1.29, 1.82) is 0 Å². The summed E-state index contributed by atoms with van der Waals surface area (Å²) in [4.78, 5) is 12.3. The van der Waals surface area contributed by atoms with E-state index in [-0.39, 0.29) is 17.5 Å². The van der Waals surface area contributed by atoms with Crippen molar-refractivity contribution in [2.75, 3.05) is 18.5 Å². The van der Waals surface area contributed by atoms with Gasteiger partial charge in [-0.1, -0.05) is 12.1 Å². The number of hydrogen-bond donors (Lipinski definition) is 1. The number of nitrogens with one attached hydrogen (secondary N) is 1. The van der Waals surface area contributed by atoms with Gasteiger partial charge in [0.15, 0.2) is 0 Å². The third kappa shape index (κ3) is 4.92. The summed E-state index contributed by atoms with van der Waals surface area (Å²) < 4.78 is 40.4. The zero-order chi connectivity index (χ0) is 18.4. The van der Waals surface area contributed by atoms with Crippen LogP contribution in [0.3, 0.4) is 0 Å². The number of halogens is 2. The smallest absolute Gasteiger partial charge is 0.387 e. The first-order valence-corrected chi connectivity index (χ1v) is 8.31. The maximum absolute atomic E-state index is 12.4. The van der Waals surface area contributed by atoms with E-state index >= 15 is 0 Å². The number of rotatable bonds is 7. The number of ether oxygens (including phenoxy) is 3. The molecule has 3 rings (SSSR count). The SMILES string of the molecule is O=C(Nc1ccccc1OC(F)F)c1ccc(OC[C@H]2CCCO2)cc1. The molecule has 0 saturated carbocycles. The van der Waals surface area contributed by atoms with Crippen LogP contribution < -0.4 is 14.8 Å². The number of alkyl halides is 2. The van der Waals surface area contributed by atoms with Crippen LogP contribution >= 0.6 is 0 Å². The van der Waals surface area contributed by atoms with Crippen molar-refractivity contribution in [2.24, 2.45) is 0 Å². The maximum atomic E-state index is 12.4. The quantitative estimate of drug-likeness (QED) is 0.805. The van der Waals surface area contributed by atoms with Crippen molar-refractivity contribution in [3.8, 4) is 11.5 Å². The molecule has 26 heavy (non-hydrogen) atoms. The van der Waals surface area contributed by atoms with Crippen LogP contribution in [-0.4, -0.2) is 31.8 Å². The molecule has 2 aromatic rings. The Hall–Kier alpha value is -2.67. The second-order valence-electron chi connectivity index (χ2n) is 5.80. The first-order chi connectivity index (χ1) is 12.6. The van der Waals surface area contributed by atoms with Gasteiger partial charge in [-0.15, -0.1) is 0 Å². The molecule has 0 radical (unpaired) electrons. The lowest BCUT2D eigenvalue weighted by molar-refractivity contribution is -0.0493. The third-order valence-electron chi connectivity index (χ3n) is 3.93. The minimum absolute atomic E-state index is 0.0904. The van der Waals surface area contributed by atoms with E-state index in [1.165, 1.54) is 12.1 Å². The number of amides is 1. The molecule has 0 aliphatic carbocycles. The van der Waals surface area contributed by atoms with E-state index in [0.717, 1.165) is 19.4 Å². The van der Waals surface area contributed by atoms with Gasteiger partial charge in [0.05, 0.1) is 11.8 Å². The number of para-hydroxylation sites is 2. The van der Waals surface area contributed by atoms with Gasteiger partial charge in [0.2, 0.25) is 0 Å². The van der Waals surface area contributed by atoms with Crippen molar-refractivity contribution in [3.63, 3.8) is 0 Å². The number of benzene rings is 2. The first kappa shape index (κ1) is 18.1. The fourth-order valence-corrected chi connectivity index (χ4v) is 2.63. The Bertz CT molecular complexity index is 731. The third-order valence-corrected chi connectivity index (χ3v) is 3.93. The maximum Gasteiger partial charge on any atom is 0.387 e. The molecule has 2 aromatic carbocycles. The molecule has 1 fully saturated rings. The lowest BCUT2D eigenvalue weighted by atomic mass is 10.2. The summed E-state index contributed by atoms with van der Waals surface area (Å²) in [7, 11) is 0. The molecular formula is C19H19F2NO4. The van der Waals surface area contributed by atoms with Crippen LogP contribution in [0.25, 0.3) is 0 Å². The summed E-state index contributed by atoms with van der Waals surface area (Å²) in [6.07, 6.45) is 2.15. The topological polar surface area (TPSA) is 56.8 Å². The molecule has 0 spiro atoms. The molecule has 1 N–H and O–H groups in total. The van der Waals surface area contributed by atoms with Crippen molar-refractivity contribution >= 4 is 11.6 Å². The Morgan fingerprint density at radius 1 is 1.19 bits per heavy atom. The highest BCUT2D eigenvalue weighted by molar-refractivity contribution is 6.05. The molecule has 1 amide bonds. The van der Waals surface area contributed by atoms with Gasteiger partial charge in [0.25, 0.3) is 5.91 Å². The van der Waals surface area contributed by atoms with E-state index in [1.807, 2.05) is 0 Å². The van der Waals surface area contributed by atoms with Crippen LogP contribution in [0.15, 0.2) is 48.5 Å². The highest BCUT2D eigenvalue weighted by Gasteiger charge is 2.16. The predicted octanol–water partition coefficient (Wildman–Crippen LogP) is 4.10. The lowest BCUT2D eigenvalue weighted by Gasteiger charge is -2.13. The summed E-state index contributed by atoms with van der Waals surface area (Å²) in [6, 6.07) is 12.6. The van der Waals surface area contributed by atoms with Crippen LogP contribution in [0, 0.1) is 0 Å². The predicted molar refractivity (Wildman–Crippen MR) is 91.9 cm³/mol. The summed E-state index contributed by atoms with van der Waals surface area (Å²) in [5.41, 5.74) is 0.554. The van der Waals surface area contributed by atoms with Gasteiger partial charge in [0, 0.05) is 12.2 Å². The van der Waals surface area contributed by atoms with Gasteiger partial charge < -0.3 is 19.5 Å². The normalized spacial score (nSPS) is 16.5. The molecule has 0 unspecified atom stereocenters. The second kappa shape index (κ2) is 8.62. The molecule has 0 bridgehead atoms. The molecular weight excluding hydrogens is 344 g/mol. The minimum Gasteiger partial charge on any atom is -0.491 e. The number of hydrogen-bond acceptors (Lipinski definition) is 4. The average molecular weight is 363 g/mol. The molecule has 1 aliphatic rings. The van der Waals surface area contributed by atoms with Gasteiger partial charge in [-0.25, -0.2) is 0 Å². The lowest BCUT2D eigenvalue weighted by Crippen LogP contribution is -2.16. The van der Waals surface area contributed by atoms with Crippen LogP contribution in [-0.2, 0) is 4.74 Å². The van der Waals surface area contributed by atoms with E-state index < -0.39 is 12.5 Å². The fourth-order valence-electron chi connectivity index (χ4n) is 2.63. The standard InChI is InChI=1S/C19H19F2NO4/c20-19(21)26-17-6-2-1-5-16(17)22-18(23)13-7-9-14(10-8-13)25-12-15-4-3-11-24-15/h1-2,5-10,15,19H,3-4,11-12H2,(H,22,23)/t15-/m1/s1. The molecule has 138 valence electrons. The Morgan fingerprint density at radius 2 is 1.96 bits per heavy atom. The highest BCUT2D eigenvalue weighted by Crippen LogP contribution is 2.26. The van der Waals surface area contributed by atoms with E-state index in [0.29, 0.717) is 17.9 Å². The Morgan fingerprint density at radius 3 is 2.65 bits per heavy atom.